The van der Waals surface area contributed by atoms with E-state index in [4.69, 9.17) is 0 Å². The van der Waals surface area contributed by atoms with Crippen molar-refractivity contribution in [2.24, 2.45) is 0 Å². The molecule has 0 bridgehead atoms. The number of hydrogen-bond acceptors (Lipinski definition) is 9. The summed E-state index contributed by atoms with van der Waals surface area (Å²) < 4.78 is 32.9. The molecule has 0 aliphatic heterocycles. The maximum Gasteiger partial charge on any atom is 1.00 e. The molecule has 12 nitrogen and oxygen atoms in total. The number of nitro benzene ring substituents is 3. The van der Waals surface area contributed by atoms with Crippen LogP contribution in [0.4, 0.5) is 17.1 Å². The van der Waals surface area contributed by atoms with Crippen LogP contribution in [0.25, 0.3) is 0 Å². The third-order valence-corrected chi connectivity index (χ3v) is 3.22. The Morgan fingerprint density at radius 1 is 0.952 bits per heavy atom. The molecule has 0 unspecified atom stereocenters. The first-order valence-corrected chi connectivity index (χ1v) is 5.96. The van der Waals surface area contributed by atoms with Gasteiger partial charge < -0.3 is 4.55 Å². The van der Waals surface area contributed by atoms with Crippen molar-refractivity contribution in [1.82, 2.24) is 0 Å². The van der Waals surface area contributed by atoms with Gasteiger partial charge in [0, 0.05) is 6.07 Å². The summed E-state index contributed by atoms with van der Waals surface area (Å²) in [5.41, 5.74) is -5.26. The average molecular weight is 329 g/mol. The van der Waals surface area contributed by atoms with E-state index in [1.54, 1.807) is 0 Å². The van der Waals surface area contributed by atoms with Crippen molar-refractivity contribution >= 4 is 27.2 Å². The fourth-order valence-electron chi connectivity index (χ4n) is 1.56. The summed E-state index contributed by atoms with van der Waals surface area (Å²) in [4.78, 5) is 26.5. The van der Waals surface area contributed by atoms with Gasteiger partial charge in [-0.2, -0.15) is 0 Å². The van der Waals surface area contributed by atoms with Gasteiger partial charge in [-0.15, -0.1) is 0 Å². The average Bonchev–Trinajstić information content (AvgIpc) is 2.24. The minimum Gasteiger partial charge on any atom is -0.744 e. The van der Waals surface area contributed by atoms with Crippen molar-refractivity contribution in [3.63, 3.8) is 0 Å². The minimum absolute atomic E-state index is 0. The van der Waals surface area contributed by atoms with Crippen molar-refractivity contribution < 1.29 is 57.3 Å². The second-order valence-corrected chi connectivity index (χ2v) is 4.78. The van der Waals surface area contributed by atoms with E-state index in [0.717, 1.165) is 6.92 Å². The summed E-state index contributed by atoms with van der Waals surface area (Å²) >= 11 is 0. The quantitative estimate of drug-likeness (QED) is 0.251. The number of hydrogen-bond donors (Lipinski definition) is 0. The second-order valence-electron chi connectivity index (χ2n) is 3.46. The predicted octanol–water partition coefficient (Wildman–Crippen LogP) is -2.37. The molecule has 0 N–H and O–H groups in total. The fourth-order valence-corrected chi connectivity index (χ4v) is 2.42. The van der Waals surface area contributed by atoms with Gasteiger partial charge in [-0.05, 0) is 12.5 Å². The van der Waals surface area contributed by atoms with Gasteiger partial charge in [-0.25, -0.2) is 8.42 Å². The van der Waals surface area contributed by atoms with E-state index in [-0.39, 0.29) is 29.6 Å². The molecule has 0 radical (unpaired) electrons. The first-order valence-electron chi connectivity index (χ1n) is 4.55. The molecule has 0 aromatic heterocycles. The molecular weight excluding hydrogens is 325 g/mol. The van der Waals surface area contributed by atoms with Gasteiger partial charge in [0.05, 0.1) is 14.8 Å². The van der Waals surface area contributed by atoms with E-state index >= 15 is 0 Å². The zero-order valence-corrected chi connectivity index (χ0v) is 13.3. The normalized spacial score (nSPS) is 10.6. The first kappa shape index (κ1) is 19.3. The van der Waals surface area contributed by atoms with Crippen molar-refractivity contribution in [3.8, 4) is 0 Å². The summed E-state index contributed by atoms with van der Waals surface area (Å²) in [6.07, 6.45) is 0. The zero-order chi connectivity index (χ0) is 15.8. The van der Waals surface area contributed by atoms with Gasteiger partial charge >= 0.3 is 46.6 Å². The Hall–Kier alpha value is -1.67. The molecule has 14 heteroatoms. The Morgan fingerprint density at radius 2 is 1.38 bits per heavy atom. The van der Waals surface area contributed by atoms with Crippen LogP contribution in [0.3, 0.4) is 0 Å². The molecule has 1 rings (SSSR count). The standard InChI is InChI=1S/C7H5N3O9S.Na/c1-3-2-4(8(11)12)5(9(13)14)6(10(15)16)7(3)20(17,18)19;/h2H,1H3,(H,17,18,19);/q;+1/p-1. The first-order chi connectivity index (χ1) is 8.98. The van der Waals surface area contributed by atoms with Crippen LogP contribution in [0.2, 0.25) is 0 Å². The van der Waals surface area contributed by atoms with Gasteiger partial charge in [0.25, 0.3) is 0 Å². The van der Waals surface area contributed by atoms with Gasteiger partial charge in [-0.1, -0.05) is 0 Å². The number of aryl methyl sites for hydroxylation is 1. The maximum absolute atomic E-state index is 11.0. The van der Waals surface area contributed by atoms with E-state index < -0.39 is 52.4 Å². The topological polar surface area (TPSA) is 187 Å². The molecule has 21 heavy (non-hydrogen) atoms. The molecule has 0 spiro atoms. The number of benzene rings is 1. The molecular formula is C7H4N3NaO9S. The van der Waals surface area contributed by atoms with Crippen molar-refractivity contribution in [2.45, 2.75) is 11.8 Å². The molecule has 0 heterocycles. The van der Waals surface area contributed by atoms with Crippen LogP contribution >= 0.6 is 0 Å². The molecule has 108 valence electrons. The second kappa shape index (κ2) is 6.40. The molecule has 0 aliphatic rings. The zero-order valence-electron chi connectivity index (χ0n) is 10.5. The molecule has 0 aliphatic carbocycles. The molecule has 0 fully saturated rings. The molecule has 0 amide bonds. The number of rotatable bonds is 4. The Kier molecular flexibility index (Phi) is 5.89. The van der Waals surface area contributed by atoms with Gasteiger partial charge in [0.15, 0.2) is 0 Å². The summed E-state index contributed by atoms with van der Waals surface area (Å²) in [6, 6.07) is 0.427. The van der Waals surface area contributed by atoms with Crippen LogP contribution in [0, 0.1) is 37.3 Å². The van der Waals surface area contributed by atoms with E-state index in [0.29, 0.717) is 6.07 Å². The third-order valence-electron chi connectivity index (χ3n) is 2.21. The van der Waals surface area contributed by atoms with Gasteiger partial charge in [-0.3, -0.25) is 30.3 Å². The maximum atomic E-state index is 11.0. The third kappa shape index (κ3) is 3.70. The Bertz CT molecular complexity index is 744. The molecule has 1 aromatic rings. The molecule has 1 aromatic carbocycles. The van der Waals surface area contributed by atoms with E-state index in [9.17, 15) is 43.3 Å². The Labute approximate surface area is 138 Å². The summed E-state index contributed by atoms with van der Waals surface area (Å²) in [5.74, 6) is 0. The monoisotopic (exact) mass is 329 g/mol. The molecule has 0 atom stereocenters. The number of nitrogens with zero attached hydrogens (tertiary/aromatic N) is 3. The molecule has 0 saturated carbocycles. The largest absolute Gasteiger partial charge is 1.00 e. The van der Waals surface area contributed by atoms with Crippen LogP contribution in [-0.4, -0.2) is 27.7 Å². The van der Waals surface area contributed by atoms with Gasteiger partial charge in [0.2, 0.25) is 0 Å². The van der Waals surface area contributed by atoms with E-state index in [2.05, 4.69) is 0 Å². The van der Waals surface area contributed by atoms with Crippen molar-refractivity contribution in [1.29, 1.82) is 0 Å². The predicted molar refractivity (Wildman–Crippen MR) is 59.1 cm³/mol. The van der Waals surface area contributed by atoms with E-state index in [1.807, 2.05) is 0 Å². The summed E-state index contributed by atoms with van der Waals surface area (Å²) in [5, 5.41) is 32.2. The summed E-state index contributed by atoms with van der Waals surface area (Å²) in [6.45, 7) is 0.883. The minimum atomic E-state index is -5.43. The smallest absolute Gasteiger partial charge is 0.744 e. The van der Waals surface area contributed by atoms with Crippen molar-refractivity contribution in [3.05, 3.63) is 42.0 Å². The number of nitro groups is 3. The SMILES string of the molecule is Cc1cc([N+](=O)[O-])c([N+](=O)[O-])c([N+](=O)[O-])c1S(=O)(=O)[O-].[Na+]. The Balaban J connectivity index is 0.00000400. The van der Waals surface area contributed by atoms with E-state index in [1.165, 1.54) is 0 Å². The van der Waals surface area contributed by atoms with Crippen LogP contribution < -0.4 is 29.6 Å². The summed E-state index contributed by atoms with van der Waals surface area (Å²) in [7, 11) is -5.43. The van der Waals surface area contributed by atoms with Gasteiger partial charge in [0.1, 0.15) is 15.0 Å². The van der Waals surface area contributed by atoms with Crippen LogP contribution in [0.5, 0.6) is 0 Å². The van der Waals surface area contributed by atoms with Crippen LogP contribution in [-0.2, 0) is 10.1 Å². The molecule has 0 saturated heterocycles. The Morgan fingerprint density at radius 3 is 1.67 bits per heavy atom. The van der Waals surface area contributed by atoms with Crippen LogP contribution in [0.15, 0.2) is 11.0 Å². The fraction of sp³-hybridized carbons (Fsp3) is 0.143. The van der Waals surface area contributed by atoms with Crippen molar-refractivity contribution in [2.75, 3.05) is 0 Å². The van der Waals surface area contributed by atoms with Crippen LogP contribution in [0.1, 0.15) is 5.56 Å².